The maximum Gasteiger partial charge on any atom is 0.338 e. The first-order chi connectivity index (χ1) is 17.6. The number of nitrogens with zero attached hydrogens (tertiary/aromatic N) is 1. The Bertz CT molecular complexity index is 1480. The fourth-order valence-electron chi connectivity index (χ4n) is 3.72. The monoisotopic (exact) mass is 530 g/mol. The highest BCUT2D eigenvalue weighted by molar-refractivity contribution is 7.86. The number of carbonyl (C=O) groups excluding carboxylic acids is 2. The Balaban J connectivity index is 1.68. The third kappa shape index (κ3) is 6.39. The van der Waals surface area contributed by atoms with Crippen LogP contribution in [0.5, 0.6) is 0 Å². The second-order valence-electron chi connectivity index (χ2n) is 8.05. The van der Waals surface area contributed by atoms with Crippen molar-refractivity contribution in [1.82, 2.24) is 9.55 Å². The second-order valence-corrected chi connectivity index (χ2v) is 9.65. The number of rotatable bonds is 8. The van der Waals surface area contributed by atoms with Gasteiger partial charge in [0.15, 0.2) is 18.4 Å². The number of nitrogens with one attached hydrogen (secondary N) is 1. The van der Waals surface area contributed by atoms with Crippen LogP contribution in [0, 0.1) is 0 Å². The third-order valence-electron chi connectivity index (χ3n) is 5.34. The number of esters is 2. The summed E-state index contributed by atoms with van der Waals surface area (Å²) < 4.78 is 47.1. The standard InChI is InChI=1S/C24H22N2O10S/c1-37(31,32)36-20-19(35-23(29)16-10-6-3-7-11-16)17(14-33-22(28)15-8-4-2-5-9-15)34-21(20)26-13-12-18(27)25-24(26)30/h2-13,17,19-21H,14H2,1H3,(H,25,27,30)/t17-,19-,20+,21-/m1/s1. The van der Waals surface area contributed by atoms with E-state index in [0.717, 1.165) is 23.1 Å². The fraction of sp³-hybridized carbons (Fsp3) is 0.250. The van der Waals surface area contributed by atoms with Crippen LogP contribution in [0.2, 0.25) is 0 Å². The molecule has 0 amide bonds. The molecule has 0 bridgehead atoms. The van der Waals surface area contributed by atoms with Gasteiger partial charge in [-0.3, -0.25) is 18.5 Å². The van der Waals surface area contributed by atoms with Crippen molar-refractivity contribution in [2.24, 2.45) is 0 Å². The summed E-state index contributed by atoms with van der Waals surface area (Å²) in [5.41, 5.74) is -1.21. The quantitative estimate of drug-likeness (QED) is 0.327. The lowest BCUT2D eigenvalue weighted by Crippen LogP contribution is -2.42. The average molecular weight is 531 g/mol. The maximum absolute atomic E-state index is 12.9. The number of carbonyl (C=O) groups is 2. The average Bonchev–Trinajstić information content (AvgIpc) is 3.18. The fourth-order valence-corrected chi connectivity index (χ4v) is 4.33. The zero-order valence-electron chi connectivity index (χ0n) is 19.4. The van der Waals surface area contributed by atoms with Gasteiger partial charge < -0.3 is 14.2 Å². The van der Waals surface area contributed by atoms with E-state index in [4.69, 9.17) is 18.4 Å². The van der Waals surface area contributed by atoms with Crippen LogP contribution in [0.1, 0.15) is 26.9 Å². The first kappa shape index (κ1) is 26.0. The molecule has 0 spiro atoms. The highest BCUT2D eigenvalue weighted by Gasteiger charge is 2.51. The van der Waals surface area contributed by atoms with Gasteiger partial charge in [-0.25, -0.2) is 14.4 Å². The molecule has 13 heteroatoms. The van der Waals surface area contributed by atoms with Crippen LogP contribution in [0.3, 0.4) is 0 Å². The smallest absolute Gasteiger partial charge is 0.338 e. The zero-order valence-corrected chi connectivity index (χ0v) is 20.2. The number of ether oxygens (including phenoxy) is 3. The van der Waals surface area contributed by atoms with E-state index in [-0.39, 0.29) is 11.1 Å². The van der Waals surface area contributed by atoms with E-state index in [1.165, 1.54) is 24.3 Å². The van der Waals surface area contributed by atoms with E-state index in [0.29, 0.717) is 0 Å². The van der Waals surface area contributed by atoms with Crippen molar-refractivity contribution in [2.75, 3.05) is 12.9 Å². The van der Waals surface area contributed by atoms with Crippen molar-refractivity contribution in [3.8, 4) is 0 Å². The Morgan fingerprint density at radius 2 is 1.51 bits per heavy atom. The molecule has 0 unspecified atom stereocenters. The lowest BCUT2D eigenvalue weighted by Gasteiger charge is -2.24. The Morgan fingerprint density at radius 3 is 2.08 bits per heavy atom. The molecule has 0 radical (unpaired) electrons. The minimum Gasteiger partial charge on any atom is -0.459 e. The van der Waals surface area contributed by atoms with Crippen molar-refractivity contribution in [2.45, 2.75) is 24.5 Å². The Kier molecular flexibility index (Phi) is 7.66. The Labute approximate surface area is 210 Å². The van der Waals surface area contributed by atoms with Crippen LogP contribution in [0.25, 0.3) is 0 Å². The molecule has 1 aliphatic rings. The molecular formula is C24H22N2O10S. The number of benzene rings is 2. The molecule has 3 aromatic rings. The van der Waals surface area contributed by atoms with Crippen LogP contribution < -0.4 is 11.2 Å². The van der Waals surface area contributed by atoms with Crippen LogP contribution in [0.4, 0.5) is 0 Å². The van der Waals surface area contributed by atoms with E-state index in [1.807, 2.05) is 4.98 Å². The predicted molar refractivity (Wildman–Crippen MR) is 127 cm³/mol. The molecule has 2 aromatic carbocycles. The zero-order chi connectivity index (χ0) is 26.6. The molecule has 1 saturated heterocycles. The normalized spacial score (nSPS) is 21.3. The molecule has 1 aliphatic heterocycles. The van der Waals surface area contributed by atoms with E-state index in [2.05, 4.69) is 0 Å². The van der Waals surface area contributed by atoms with Crippen molar-refractivity contribution in [3.05, 3.63) is 105 Å². The van der Waals surface area contributed by atoms with E-state index >= 15 is 0 Å². The molecule has 1 fully saturated rings. The van der Waals surface area contributed by atoms with E-state index in [9.17, 15) is 27.6 Å². The largest absolute Gasteiger partial charge is 0.459 e. The summed E-state index contributed by atoms with van der Waals surface area (Å²) in [6.07, 6.45) is -3.84. The first-order valence-electron chi connectivity index (χ1n) is 11.0. The molecular weight excluding hydrogens is 508 g/mol. The number of hydrogen-bond donors (Lipinski definition) is 1. The van der Waals surface area contributed by atoms with E-state index < -0.39 is 64.5 Å². The van der Waals surface area contributed by atoms with Crippen LogP contribution in [0.15, 0.2) is 82.5 Å². The summed E-state index contributed by atoms with van der Waals surface area (Å²) >= 11 is 0. The summed E-state index contributed by atoms with van der Waals surface area (Å²) in [4.78, 5) is 51.4. The van der Waals surface area contributed by atoms with Crippen molar-refractivity contribution < 1.29 is 36.4 Å². The molecule has 1 N–H and O–H groups in total. The first-order valence-corrected chi connectivity index (χ1v) is 12.8. The highest BCUT2D eigenvalue weighted by Crippen LogP contribution is 2.34. The number of aromatic amines is 1. The lowest BCUT2D eigenvalue weighted by molar-refractivity contribution is -0.0601. The Morgan fingerprint density at radius 1 is 0.919 bits per heavy atom. The van der Waals surface area contributed by atoms with Gasteiger partial charge >= 0.3 is 17.6 Å². The molecule has 4 atom stereocenters. The summed E-state index contributed by atoms with van der Waals surface area (Å²) in [5.74, 6) is -1.53. The lowest BCUT2D eigenvalue weighted by atomic mass is 10.1. The number of H-pyrrole nitrogens is 1. The van der Waals surface area contributed by atoms with Gasteiger partial charge in [-0.15, -0.1) is 0 Å². The van der Waals surface area contributed by atoms with Gasteiger partial charge in [0.1, 0.15) is 12.7 Å². The van der Waals surface area contributed by atoms with Gasteiger partial charge in [-0.1, -0.05) is 36.4 Å². The van der Waals surface area contributed by atoms with Gasteiger partial charge in [0, 0.05) is 12.3 Å². The molecule has 0 aliphatic carbocycles. The highest BCUT2D eigenvalue weighted by atomic mass is 32.2. The summed E-state index contributed by atoms with van der Waals surface area (Å²) in [6, 6.07) is 17.0. The predicted octanol–water partition coefficient (Wildman–Crippen LogP) is 0.861. The van der Waals surface area contributed by atoms with Crippen LogP contribution in [-0.4, -0.2) is 61.1 Å². The van der Waals surface area contributed by atoms with Gasteiger partial charge in [-0.2, -0.15) is 8.42 Å². The molecule has 194 valence electrons. The molecule has 2 heterocycles. The van der Waals surface area contributed by atoms with Crippen LogP contribution >= 0.6 is 0 Å². The molecule has 4 rings (SSSR count). The van der Waals surface area contributed by atoms with E-state index in [1.54, 1.807) is 36.4 Å². The number of hydrogen-bond acceptors (Lipinski definition) is 10. The van der Waals surface area contributed by atoms with Gasteiger partial charge in [0.05, 0.1) is 17.4 Å². The molecule has 12 nitrogen and oxygen atoms in total. The number of aromatic nitrogens is 2. The SMILES string of the molecule is CS(=O)(=O)O[C@H]1[C@H](OC(=O)c2ccccc2)[C@@H](COC(=O)c2ccccc2)O[C@H]1n1ccc(=O)[nH]c1=O. The van der Waals surface area contributed by atoms with Gasteiger partial charge in [0.25, 0.3) is 15.7 Å². The summed E-state index contributed by atoms with van der Waals surface area (Å²) in [6.45, 7) is -0.474. The maximum atomic E-state index is 12.9. The van der Waals surface area contributed by atoms with Crippen molar-refractivity contribution >= 4 is 22.1 Å². The molecule has 0 saturated carbocycles. The van der Waals surface area contributed by atoms with Crippen LogP contribution in [-0.2, 0) is 28.5 Å². The third-order valence-corrected chi connectivity index (χ3v) is 5.91. The topological polar surface area (TPSA) is 160 Å². The van der Waals surface area contributed by atoms with Crippen molar-refractivity contribution in [1.29, 1.82) is 0 Å². The van der Waals surface area contributed by atoms with Gasteiger partial charge in [0.2, 0.25) is 0 Å². The minimum atomic E-state index is -4.17. The Hall–Kier alpha value is -4.07. The summed E-state index contributed by atoms with van der Waals surface area (Å²) in [5, 5.41) is 0. The second kappa shape index (κ2) is 10.9. The molecule has 1 aromatic heterocycles. The molecule has 37 heavy (non-hydrogen) atoms. The minimum absolute atomic E-state index is 0.158. The summed E-state index contributed by atoms with van der Waals surface area (Å²) in [7, 11) is -4.17. The van der Waals surface area contributed by atoms with Crippen molar-refractivity contribution in [3.63, 3.8) is 0 Å². The van der Waals surface area contributed by atoms with Gasteiger partial charge in [-0.05, 0) is 24.3 Å².